The summed E-state index contributed by atoms with van der Waals surface area (Å²) in [6, 6.07) is 34.3. The summed E-state index contributed by atoms with van der Waals surface area (Å²) in [5.41, 5.74) is 17.1. The van der Waals surface area contributed by atoms with Gasteiger partial charge in [-0.1, -0.05) is 133 Å². The molecule has 16 nitrogen and oxygen atoms in total. The van der Waals surface area contributed by atoms with Gasteiger partial charge in [-0.3, -0.25) is 17.6 Å². The fourth-order valence-corrected chi connectivity index (χ4v) is 23.4. The first-order chi connectivity index (χ1) is 48.8. The normalized spacial score (nSPS) is 28.2. The van der Waals surface area contributed by atoms with Crippen molar-refractivity contribution in [2.45, 2.75) is 232 Å². The number of aromatic nitrogens is 8. The molecule has 11 aliphatic rings. The Morgan fingerprint density at radius 3 is 1.18 bits per heavy atom. The molecule has 6 aliphatic carbocycles. The van der Waals surface area contributed by atoms with E-state index in [1.807, 2.05) is 43.4 Å². The third-order valence-corrected chi connectivity index (χ3v) is 28.3. The molecule has 4 bridgehead atoms. The molecule has 12 aromatic rings. The first-order valence-corrected chi connectivity index (χ1v) is 38.1. The van der Waals surface area contributed by atoms with Crippen LogP contribution in [0, 0.1) is 56.8 Å². The van der Waals surface area contributed by atoms with Gasteiger partial charge < -0.3 is 37.3 Å². The van der Waals surface area contributed by atoms with Gasteiger partial charge in [0.25, 0.3) is 0 Å². The predicted molar refractivity (Wildman–Crippen MR) is 396 cm³/mol. The van der Waals surface area contributed by atoms with Crippen molar-refractivity contribution in [1.82, 2.24) is 37.5 Å². The summed E-state index contributed by atoms with van der Waals surface area (Å²) in [5.74, 6) is 10.8. The molecule has 5 unspecified atom stereocenters. The molecule has 4 aromatic carbocycles. The number of benzene rings is 4. The summed E-state index contributed by atoms with van der Waals surface area (Å²) in [6.45, 7) is 30.1. The molecule has 16 heteroatoms. The summed E-state index contributed by atoms with van der Waals surface area (Å²) < 4.78 is 34.2. The highest BCUT2D eigenvalue weighted by Crippen LogP contribution is 2.71. The summed E-state index contributed by atoms with van der Waals surface area (Å²) in [6.07, 6.45) is 33.5. The Labute approximate surface area is 592 Å². The van der Waals surface area contributed by atoms with Gasteiger partial charge in [0.2, 0.25) is 0 Å². The molecule has 8 aromatic heterocycles. The molecule has 522 valence electrons. The number of oxazole rings is 4. The van der Waals surface area contributed by atoms with E-state index in [0.717, 1.165) is 72.3 Å². The van der Waals surface area contributed by atoms with Crippen molar-refractivity contribution < 1.29 is 17.7 Å². The maximum Gasteiger partial charge on any atom is 0.306 e. The van der Waals surface area contributed by atoms with Crippen molar-refractivity contribution in [2.75, 3.05) is 19.6 Å². The largest absolute Gasteiger partial charge is 0.425 e. The highest BCUT2D eigenvalue weighted by molar-refractivity contribution is 5.72. The van der Waals surface area contributed by atoms with Crippen LogP contribution in [0.5, 0.6) is 0 Å². The second kappa shape index (κ2) is 22.0. The van der Waals surface area contributed by atoms with E-state index in [-0.39, 0.29) is 45.1 Å². The third kappa shape index (κ3) is 8.19. The van der Waals surface area contributed by atoms with Crippen molar-refractivity contribution in [3.05, 3.63) is 214 Å². The Bertz CT molecular complexity index is 5190. The molecule has 5 atom stereocenters. The van der Waals surface area contributed by atoms with Crippen LogP contribution in [-0.2, 0) is 27.6 Å². The zero-order chi connectivity index (χ0) is 69.2. The number of nitrogens with zero attached hydrogens (tertiary/aromatic N) is 12. The number of rotatable bonds is 3. The second-order valence-corrected chi connectivity index (χ2v) is 33.4. The number of anilines is 4. The Balaban J connectivity index is 0.0000000937. The fraction of sp³-hybridized carbons (Fsp3) is 0.482. The fourth-order valence-electron chi connectivity index (χ4n) is 23.4. The van der Waals surface area contributed by atoms with Gasteiger partial charge in [0.15, 0.2) is 23.0 Å². The van der Waals surface area contributed by atoms with E-state index in [1.54, 1.807) is 0 Å². The van der Waals surface area contributed by atoms with Gasteiger partial charge in [-0.05, 0) is 195 Å². The number of hydrogen-bond donors (Lipinski definition) is 0. The van der Waals surface area contributed by atoms with Crippen molar-refractivity contribution >= 4 is 46.1 Å². The lowest BCUT2D eigenvalue weighted by Gasteiger charge is -2.63. The molecule has 6 saturated carbocycles. The number of aryl methyl sites for hydroxylation is 4. The smallest absolute Gasteiger partial charge is 0.306 e. The van der Waals surface area contributed by atoms with E-state index < -0.39 is 0 Å². The first-order valence-electron chi connectivity index (χ1n) is 38.1. The zero-order valence-corrected chi connectivity index (χ0v) is 61.3. The monoisotopic (exact) mass is 1350 g/mol. The lowest BCUT2D eigenvalue weighted by Crippen LogP contribution is -2.62. The van der Waals surface area contributed by atoms with E-state index in [0.29, 0.717) is 29.8 Å². The molecular weight excluding hydrogens is 1250 g/mol. The minimum atomic E-state index is -0.245. The summed E-state index contributed by atoms with van der Waals surface area (Å²) in [7, 11) is 0. The SMILES string of the molecule is Cc1cccc2c1N1C(C)c3c(oc4nccn34)C1(C)C(C)(C)C2(C)C.Cc1ccccc1N1C(C)c2c(oc3nccn23)C12C1CC3CC(C1)CC2C3.Cc1ccccc1N1C(C)c2c(oc3nccn23)C12CCCC2.Cc1ccccc1N1C(C)c2c(oc3nccn23)C12CCCCC2. The van der Waals surface area contributed by atoms with Gasteiger partial charge in [-0.2, -0.15) is 0 Å². The van der Waals surface area contributed by atoms with Crippen LogP contribution < -0.4 is 19.6 Å². The highest BCUT2D eigenvalue weighted by atomic mass is 16.4. The van der Waals surface area contributed by atoms with E-state index in [1.165, 1.54) is 143 Å². The summed E-state index contributed by atoms with van der Waals surface area (Å²) in [5, 5.41) is 0. The van der Waals surface area contributed by atoms with Crippen molar-refractivity contribution in [3.8, 4) is 0 Å². The molecule has 0 amide bonds. The van der Waals surface area contributed by atoms with Gasteiger partial charge in [0.05, 0.1) is 46.9 Å². The van der Waals surface area contributed by atoms with E-state index in [4.69, 9.17) is 17.7 Å². The standard InChI is InChI=1S/C24H27N3O.C22H27N3O.C20H23N3O.C19H21N3O/c1-14-5-3-4-6-20(14)27-15(2)21-22(28-23-25-7-8-26(21)23)24(27)18-10-16-9-17(12-18)13-19(24)11-16;1-13-9-8-10-15-16(13)25-14(2)17-18(26-19-23-11-12-24(17)19)22(25,7)21(5,6)20(15,3)4;1-14-8-4-5-9-16(14)23-15(2)17-18(20(23)10-6-3-7-11-20)24-19-21-12-13-22(17)19;1-13-7-3-4-8-15(13)22-14(2)16-17(19(22)9-5-6-10-19)23-18-20-11-12-21(16)18/h3-8,15-19H,9-13H2,1-2H3;8-12,14H,1-7H3;4-5,8-9,12-13,15H,3,6-7,10-11H2,1-2H3;3-4,7-8,11-12,14H,5-6,9-10H2,1-2H3. The van der Waals surface area contributed by atoms with Gasteiger partial charge in [-0.25, -0.2) is 19.9 Å². The van der Waals surface area contributed by atoms with Gasteiger partial charge in [0, 0.05) is 77.7 Å². The van der Waals surface area contributed by atoms with Crippen LogP contribution in [0.1, 0.15) is 250 Å². The van der Waals surface area contributed by atoms with Crippen molar-refractivity contribution in [1.29, 1.82) is 0 Å². The number of para-hydroxylation sites is 4. The molecular formula is C85H98N12O4. The van der Waals surface area contributed by atoms with Crippen molar-refractivity contribution in [2.24, 2.45) is 29.1 Å². The third-order valence-electron chi connectivity index (χ3n) is 28.3. The van der Waals surface area contributed by atoms with E-state index in [2.05, 4.69) is 244 Å². The first kappa shape index (κ1) is 63.0. The molecule has 5 aliphatic heterocycles. The zero-order valence-electron chi connectivity index (χ0n) is 61.3. The van der Waals surface area contributed by atoms with E-state index in [9.17, 15) is 0 Å². The second-order valence-electron chi connectivity index (χ2n) is 33.4. The van der Waals surface area contributed by atoms with Crippen LogP contribution in [0.4, 0.5) is 22.7 Å². The lowest BCUT2D eigenvalue weighted by atomic mass is 9.48. The number of hydrogen-bond acceptors (Lipinski definition) is 12. The molecule has 0 radical (unpaired) electrons. The number of imidazole rings is 4. The molecule has 0 N–H and O–H groups in total. The summed E-state index contributed by atoms with van der Waals surface area (Å²) >= 11 is 0. The number of fused-ring (bicyclic) bond motifs is 18. The Morgan fingerprint density at radius 2 is 0.733 bits per heavy atom. The van der Waals surface area contributed by atoms with Gasteiger partial charge in [0.1, 0.15) is 22.2 Å². The molecule has 3 spiro atoms. The van der Waals surface area contributed by atoms with Crippen LogP contribution >= 0.6 is 0 Å². The molecule has 6 fully saturated rings. The molecule has 23 rings (SSSR count). The minimum absolute atomic E-state index is 0.00155. The van der Waals surface area contributed by atoms with Crippen LogP contribution in [0.2, 0.25) is 0 Å². The van der Waals surface area contributed by atoms with Gasteiger partial charge in [-0.15, -0.1) is 0 Å². The predicted octanol–water partition coefficient (Wildman–Crippen LogP) is 20.4. The summed E-state index contributed by atoms with van der Waals surface area (Å²) in [4.78, 5) is 28.3. The van der Waals surface area contributed by atoms with Crippen LogP contribution in [-0.4, -0.2) is 37.5 Å². The Hall–Kier alpha value is -8.92. The van der Waals surface area contributed by atoms with Crippen LogP contribution in [0.25, 0.3) is 23.4 Å². The molecule has 101 heavy (non-hydrogen) atoms. The quantitative estimate of drug-likeness (QED) is 0.167. The van der Waals surface area contributed by atoms with Crippen LogP contribution in [0.3, 0.4) is 0 Å². The van der Waals surface area contributed by atoms with Gasteiger partial charge >= 0.3 is 23.4 Å². The maximum atomic E-state index is 6.60. The maximum absolute atomic E-state index is 6.60. The topological polar surface area (TPSA) is 135 Å². The average Bonchev–Trinajstić information content (AvgIpc) is 1.54. The highest BCUT2D eigenvalue weighted by Gasteiger charge is 2.69. The molecule has 0 saturated heterocycles. The lowest BCUT2D eigenvalue weighted by molar-refractivity contribution is -0.0680. The molecule has 13 heterocycles. The van der Waals surface area contributed by atoms with E-state index >= 15 is 0 Å². The van der Waals surface area contributed by atoms with Crippen molar-refractivity contribution in [3.63, 3.8) is 0 Å². The van der Waals surface area contributed by atoms with Crippen LogP contribution in [0.15, 0.2) is 158 Å². The average molecular weight is 1350 g/mol. The minimum Gasteiger partial charge on any atom is -0.425 e. The Kier molecular flexibility index (Phi) is 13.8. The Morgan fingerprint density at radius 1 is 0.376 bits per heavy atom.